The van der Waals surface area contributed by atoms with E-state index in [2.05, 4.69) is 17.3 Å². The van der Waals surface area contributed by atoms with Gasteiger partial charge in [-0.15, -0.1) is 11.6 Å². The molecular weight excluding hydrogens is 186 g/mol. The van der Waals surface area contributed by atoms with Gasteiger partial charge in [0, 0.05) is 0 Å². The molecule has 0 aromatic rings. The van der Waals surface area contributed by atoms with E-state index in [1.165, 1.54) is 0 Å². The number of hydrogen-bond donors (Lipinski definition) is 0. The molecule has 0 radical (unpaired) electrons. The number of nitrogens with zero attached hydrogens (tertiary/aromatic N) is 1. The van der Waals surface area contributed by atoms with Crippen molar-refractivity contribution in [3.63, 3.8) is 0 Å². The molecule has 0 spiro atoms. The lowest BCUT2D eigenvalue weighted by molar-refractivity contribution is 0.259. The van der Waals surface area contributed by atoms with Crippen LogP contribution in [0.25, 0.3) is 0 Å². The molecule has 0 aromatic carbocycles. The summed E-state index contributed by atoms with van der Waals surface area (Å²) >= 11 is 6.21. The van der Waals surface area contributed by atoms with Crippen molar-refractivity contribution in [1.82, 2.24) is 0 Å². The van der Waals surface area contributed by atoms with E-state index in [0.29, 0.717) is 23.7 Å². The van der Waals surface area contributed by atoms with E-state index in [4.69, 9.17) is 11.6 Å². The molecule has 6 atom stereocenters. The predicted molar refractivity (Wildman–Crippen MR) is 51.6 cm³/mol. The van der Waals surface area contributed by atoms with Gasteiger partial charge in [0.15, 0.2) is 0 Å². The number of rotatable bonds is 1. The van der Waals surface area contributed by atoms with Gasteiger partial charge < -0.3 is 0 Å². The van der Waals surface area contributed by atoms with Gasteiger partial charge in [-0.3, -0.25) is 0 Å². The molecule has 3 rings (SSSR count). The van der Waals surface area contributed by atoms with Crippen molar-refractivity contribution >= 4 is 11.6 Å². The molecule has 70 valence electrons. The number of hydrogen-bond acceptors (Lipinski definition) is 2. The highest BCUT2D eigenvalue weighted by Crippen LogP contribution is 2.58. The van der Waals surface area contributed by atoms with Crippen LogP contribution in [0.3, 0.4) is 0 Å². The number of nitroso groups, excluding NO2 is 1. The number of fused-ring (bicyclic) bond motifs is 5. The van der Waals surface area contributed by atoms with Crippen LogP contribution in [-0.4, -0.2) is 11.4 Å². The molecule has 0 amide bonds. The van der Waals surface area contributed by atoms with Crippen molar-refractivity contribution < 1.29 is 0 Å². The SMILES string of the molecule is O=N[C@@H]1[C@H](Cl)[C@@H]2C[C@H]1[C@@H]1CC=C[C@@H]12. The topological polar surface area (TPSA) is 29.4 Å². The van der Waals surface area contributed by atoms with E-state index >= 15 is 0 Å². The summed E-state index contributed by atoms with van der Waals surface area (Å²) in [5.74, 6) is 2.34. The Morgan fingerprint density at radius 1 is 1.31 bits per heavy atom. The van der Waals surface area contributed by atoms with Crippen molar-refractivity contribution in [3.05, 3.63) is 17.1 Å². The molecule has 2 nitrogen and oxygen atoms in total. The Hall–Kier alpha value is -0.370. The first-order chi connectivity index (χ1) is 6.33. The molecule has 3 aliphatic rings. The Morgan fingerprint density at radius 2 is 2.15 bits per heavy atom. The van der Waals surface area contributed by atoms with Crippen LogP contribution in [0.5, 0.6) is 0 Å². The van der Waals surface area contributed by atoms with E-state index in [-0.39, 0.29) is 11.4 Å². The molecule has 0 saturated heterocycles. The highest BCUT2D eigenvalue weighted by Gasteiger charge is 2.58. The molecule has 2 saturated carbocycles. The number of allylic oxidation sites excluding steroid dienone is 2. The molecule has 0 aliphatic heterocycles. The quantitative estimate of drug-likeness (QED) is 0.361. The Labute approximate surface area is 82.3 Å². The second-order valence-electron chi connectivity index (χ2n) is 4.51. The first-order valence-electron chi connectivity index (χ1n) is 4.96. The smallest absolute Gasteiger partial charge is 0.112 e. The normalized spacial score (nSPS) is 57.0. The molecule has 2 bridgehead atoms. The minimum absolute atomic E-state index is 0.00602. The first kappa shape index (κ1) is 7.98. The van der Waals surface area contributed by atoms with Crippen molar-refractivity contribution in [1.29, 1.82) is 0 Å². The molecule has 13 heavy (non-hydrogen) atoms. The summed E-state index contributed by atoms with van der Waals surface area (Å²) in [6.45, 7) is 0. The van der Waals surface area contributed by atoms with Gasteiger partial charge in [-0.25, -0.2) is 0 Å². The van der Waals surface area contributed by atoms with Crippen LogP contribution in [0, 0.1) is 28.6 Å². The van der Waals surface area contributed by atoms with Crippen LogP contribution in [0.15, 0.2) is 17.3 Å². The number of halogens is 1. The maximum Gasteiger partial charge on any atom is 0.112 e. The van der Waals surface area contributed by atoms with Crippen molar-refractivity contribution in [2.75, 3.05) is 0 Å². The highest BCUT2D eigenvalue weighted by molar-refractivity contribution is 6.21. The largest absolute Gasteiger partial charge is 0.150 e. The van der Waals surface area contributed by atoms with Gasteiger partial charge in [0.25, 0.3) is 0 Å². The van der Waals surface area contributed by atoms with E-state index in [1.54, 1.807) is 0 Å². The second kappa shape index (κ2) is 2.57. The third kappa shape index (κ3) is 0.850. The molecule has 0 heterocycles. The Kier molecular flexibility index (Phi) is 1.58. The summed E-state index contributed by atoms with van der Waals surface area (Å²) in [5.41, 5.74) is 0. The fourth-order valence-corrected chi connectivity index (χ4v) is 4.12. The van der Waals surface area contributed by atoms with Gasteiger partial charge in [-0.05, 0) is 36.5 Å². The minimum Gasteiger partial charge on any atom is -0.150 e. The molecule has 0 N–H and O–H groups in total. The van der Waals surface area contributed by atoms with Crippen LogP contribution in [0.4, 0.5) is 0 Å². The van der Waals surface area contributed by atoms with E-state index in [1.807, 2.05) is 0 Å². The summed E-state index contributed by atoms with van der Waals surface area (Å²) < 4.78 is 0. The summed E-state index contributed by atoms with van der Waals surface area (Å²) in [5, 5.41) is 3.21. The van der Waals surface area contributed by atoms with Crippen molar-refractivity contribution in [2.45, 2.75) is 24.3 Å². The van der Waals surface area contributed by atoms with Crippen molar-refractivity contribution in [3.8, 4) is 0 Å². The standard InChI is InChI=1S/C10H12ClNO/c11-9-7-4-8(10(9)12-13)6-3-1-2-5(6)7/h1-2,5-10H,3-4H2/t5-,6+,7+,8-,9+,10-/m0/s1. The molecule has 3 heteroatoms. The van der Waals surface area contributed by atoms with Gasteiger partial charge in [-0.1, -0.05) is 17.3 Å². The van der Waals surface area contributed by atoms with Gasteiger partial charge in [-0.2, -0.15) is 4.91 Å². The van der Waals surface area contributed by atoms with E-state index in [9.17, 15) is 4.91 Å². The third-order valence-corrected chi connectivity index (χ3v) is 4.73. The molecule has 0 aromatic heterocycles. The fourth-order valence-electron chi connectivity index (χ4n) is 3.62. The minimum atomic E-state index is -0.104. The predicted octanol–water partition coefficient (Wildman–Crippen LogP) is 2.57. The lowest BCUT2D eigenvalue weighted by Gasteiger charge is -2.30. The van der Waals surface area contributed by atoms with Crippen LogP contribution in [-0.2, 0) is 0 Å². The highest BCUT2D eigenvalue weighted by atomic mass is 35.5. The lowest BCUT2D eigenvalue weighted by Crippen LogP contribution is -2.35. The molecule has 2 fully saturated rings. The zero-order valence-corrected chi connectivity index (χ0v) is 8.02. The summed E-state index contributed by atoms with van der Waals surface area (Å²) in [6, 6.07) is -0.104. The number of alkyl halides is 1. The second-order valence-corrected chi connectivity index (χ2v) is 5.01. The zero-order valence-electron chi connectivity index (χ0n) is 7.27. The summed E-state index contributed by atoms with van der Waals surface area (Å²) in [7, 11) is 0. The first-order valence-corrected chi connectivity index (χ1v) is 5.40. The van der Waals surface area contributed by atoms with Crippen LogP contribution in [0.1, 0.15) is 12.8 Å². The van der Waals surface area contributed by atoms with E-state index in [0.717, 1.165) is 12.8 Å². The van der Waals surface area contributed by atoms with Gasteiger partial charge in [0.1, 0.15) is 6.04 Å². The molecule has 0 unspecified atom stereocenters. The maximum atomic E-state index is 10.6. The van der Waals surface area contributed by atoms with E-state index < -0.39 is 0 Å². The summed E-state index contributed by atoms with van der Waals surface area (Å²) in [6.07, 6.45) is 6.81. The zero-order chi connectivity index (χ0) is 9.00. The average Bonchev–Trinajstić information content (AvgIpc) is 2.71. The molecule has 3 aliphatic carbocycles. The fraction of sp³-hybridized carbons (Fsp3) is 0.800. The van der Waals surface area contributed by atoms with Gasteiger partial charge in [0.2, 0.25) is 0 Å². The Morgan fingerprint density at radius 3 is 2.92 bits per heavy atom. The average molecular weight is 198 g/mol. The Balaban J connectivity index is 1.94. The van der Waals surface area contributed by atoms with Crippen LogP contribution in [0.2, 0.25) is 0 Å². The third-order valence-electron chi connectivity index (χ3n) is 4.15. The van der Waals surface area contributed by atoms with Gasteiger partial charge >= 0.3 is 0 Å². The van der Waals surface area contributed by atoms with Crippen LogP contribution < -0.4 is 0 Å². The van der Waals surface area contributed by atoms with Gasteiger partial charge in [0.05, 0.1) is 5.38 Å². The lowest BCUT2D eigenvalue weighted by atomic mass is 9.79. The maximum absolute atomic E-state index is 10.6. The monoisotopic (exact) mass is 197 g/mol. The summed E-state index contributed by atoms with van der Waals surface area (Å²) in [4.78, 5) is 10.6. The van der Waals surface area contributed by atoms with Crippen molar-refractivity contribution in [2.24, 2.45) is 28.8 Å². The Bertz CT molecular complexity index is 278. The molecular formula is C10H12ClNO. The van der Waals surface area contributed by atoms with Crippen LogP contribution >= 0.6 is 11.6 Å².